The number of hydrogen-bond acceptors (Lipinski definition) is 3. The average molecular weight is 385 g/mol. The van der Waals surface area contributed by atoms with Gasteiger partial charge in [0, 0.05) is 28.9 Å². The van der Waals surface area contributed by atoms with Crippen LogP contribution in [-0.4, -0.2) is 23.9 Å². The molecular weight excluding hydrogens is 367 g/mol. The molecule has 0 atom stereocenters. The molecule has 2 aromatic carbocycles. The van der Waals surface area contributed by atoms with E-state index in [4.69, 9.17) is 16.3 Å². The zero-order valence-corrected chi connectivity index (χ0v) is 15.9. The van der Waals surface area contributed by atoms with E-state index in [0.29, 0.717) is 16.3 Å². The summed E-state index contributed by atoms with van der Waals surface area (Å²) in [7, 11) is 1.32. The molecule has 3 aromatic rings. The smallest absolute Gasteiger partial charge is 0.337 e. The molecule has 138 valence electrons. The Kier molecular flexibility index (Phi) is 5.42. The molecule has 0 saturated heterocycles. The minimum atomic E-state index is -0.447. The summed E-state index contributed by atoms with van der Waals surface area (Å²) in [6, 6.07) is 13.1. The number of hydrogen-bond donors (Lipinski definition) is 0. The van der Waals surface area contributed by atoms with E-state index in [-0.39, 0.29) is 5.82 Å². The van der Waals surface area contributed by atoms with Crippen molar-refractivity contribution in [1.82, 2.24) is 4.57 Å². The summed E-state index contributed by atoms with van der Waals surface area (Å²) < 4.78 is 19.9. The van der Waals surface area contributed by atoms with Gasteiger partial charge in [-0.15, -0.1) is 0 Å². The number of aryl methyl sites for hydroxylation is 1. The molecule has 6 heteroatoms. The first kappa shape index (κ1) is 18.9. The highest BCUT2D eigenvalue weighted by atomic mass is 35.5. The van der Waals surface area contributed by atoms with Crippen LogP contribution in [0, 0.1) is 19.7 Å². The molecule has 0 radical (unpaired) electrons. The lowest BCUT2D eigenvalue weighted by atomic mass is 10.2. The summed E-state index contributed by atoms with van der Waals surface area (Å²) in [4.78, 5) is 16.1. The fourth-order valence-electron chi connectivity index (χ4n) is 2.90. The van der Waals surface area contributed by atoms with Gasteiger partial charge in [0.05, 0.1) is 23.4 Å². The second-order valence-corrected chi connectivity index (χ2v) is 6.46. The van der Waals surface area contributed by atoms with Crippen molar-refractivity contribution in [3.05, 3.63) is 81.9 Å². The van der Waals surface area contributed by atoms with Crippen LogP contribution < -0.4 is 0 Å². The third-order valence-electron chi connectivity index (χ3n) is 4.27. The molecule has 3 rings (SSSR count). The molecule has 27 heavy (non-hydrogen) atoms. The molecule has 0 bridgehead atoms. The summed E-state index contributed by atoms with van der Waals surface area (Å²) in [5.41, 5.74) is 4.59. The van der Waals surface area contributed by atoms with Crippen LogP contribution in [0.5, 0.6) is 0 Å². The number of carbonyl (C=O) groups is 1. The molecule has 0 fully saturated rings. The molecular formula is C21H18ClFN2O2. The molecule has 0 amide bonds. The predicted molar refractivity (Wildman–Crippen MR) is 105 cm³/mol. The van der Waals surface area contributed by atoms with Crippen molar-refractivity contribution < 1.29 is 13.9 Å². The van der Waals surface area contributed by atoms with Crippen LogP contribution in [0.4, 0.5) is 10.1 Å². The van der Waals surface area contributed by atoms with Crippen LogP contribution in [0.1, 0.15) is 27.3 Å². The van der Waals surface area contributed by atoms with E-state index in [0.717, 1.165) is 22.6 Å². The number of aromatic nitrogens is 1. The first-order chi connectivity index (χ1) is 12.9. The number of carbonyl (C=O) groups excluding carboxylic acids is 1. The van der Waals surface area contributed by atoms with Crippen LogP contribution in [0.25, 0.3) is 5.69 Å². The second kappa shape index (κ2) is 7.76. The van der Waals surface area contributed by atoms with Crippen molar-refractivity contribution in [1.29, 1.82) is 0 Å². The normalized spacial score (nSPS) is 11.1. The molecule has 1 heterocycles. The molecule has 0 N–H and O–H groups in total. The SMILES string of the molecule is COC(=O)c1ccc(Cl)c(N=Cc2cc(C)n(-c3ccc(F)cc3)c2C)c1. The summed E-state index contributed by atoms with van der Waals surface area (Å²) >= 11 is 6.19. The second-order valence-electron chi connectivity index (χ2n) is 6.05. The standard InChI is InChI=1S/C21H18ClFN2O2/c1-13-10-16(14(2)25(13)18-7-5-17(23)6-8-18)12-24-20-11-15(21(26)27-3)4-9-19(20)22/h4-12H,1-3H3. The molecule has 0 spiro atoms. The fourth-order valence-corrected chi connectivity index (χ4v) is 3.07. The van der Waals surface area contributed by atoms with Gasteiger partial charge >= 0.3 is 5.97 Å². The van der Waals surface area contributed by atoms with E-state index in [1.807, 2.05) is 24.5 Å². The average Bonchev–Trinajstić information content (AvgIpc) is 2.95. The van der Waals surface area contributed by atoms with Crippen LogP contribution in [0.15, 0.2) is 53.5 Å². The van der Waals surface area contributed by atoms with Crippen LogP contribution in [-0.2, 0) is 4.74 Å². The summed E-state index contributed by atoms with van der Waals surface area (Å²) in [5, 5.41) is 0.436. The lowest BCUT2D eigenvalue weighted by Crippen LogP contribution is -2.00. The van der Waals surface area contributed by atoms with Crippen LogP contribution >= 0.6 is 11.6 Å². The monoisotopic (exact) mass is 384 g/mol. The lowest BCUT2D eigenvalue weighted by Gasteiger charge is -2.09. The van der Waals surface area contributed by atoms with E-state index >= 15 is 0 Å². The molecule has 0 aliphatic carbocycles. The first-order valence-corrected chi connectivity index (χ1v) is 8.65. The molecule has 4 nitrogen and oxygen atoms in total. The summed E-state index contributed by atoms with van der Waals surface area (Å²) in [6.45, 7) is 3.93. The van der Waals surface area contributed by atoms with E-state index in [9.17, 15) is 9.18 Å². The van der Waals surface area contributed by atoms with Gasteiger partial charge in [-0.3, -0.25) is 4.99 Å². The third kappa shape index (κ3) is 3.93. The molecule has 0 aliphatic rings. The maximum absolute atomic E-state index is 13.2. The van der Waals surface area contributed by atoms with Crippen LogP contribution in [0.3, 0.4) is 0 Å². The quantitative estimate of drug-likeness (QED) is 0.445. The van der Waals surface area contributed by atoms with E-state index in [2.05, 4.69) is 4.99 Å². The van der Waals surface area contributed by atoms with Gasteiger partial charge < -0.3 is 9.30 Å². The maximum atomic E-state index is 13.2. The molecule has 0 unspecified atom stereocenters. The van der Waals surface area contributed by atoms with E-state index < -0.39 is 5.97 Å². The Morgan fingerprint density at radius 2 is 1.85 bits per heavy atom. The van der Waals surface area contributed by atoms with Crippen molar-refractivity contribution in [2.24, 2.45) is 4.99 Å². The Bertz CT molecular complexity index is 1020. The van der Waals surface area contributed by atoms with Crippen molar-refractivity contribution in [3.8, 4) is 5.69 Å². The Morgan fingerprint density at radius 1 is 1.15 bits per heavy atom. The lowest BCUT2D eigenvalue weighted by molar-refractivity contribution is 0.0601. The Hall–Kier alpha value is -2.92. The third-order valence-corrected chi connectivity index (χ3v) is 4.58. The zero-order chi connectivity index (χ0) is 19.6. The Labute approximate surface area is 161 Å². The van der Waals surface area contributed by atoms with Crippen molar-refractivity contribution in [3.63, 3.8) is 0 Å². The molecule has 1 aromatic heterocycles. The summed E-state index contributed by atoms with van der Waals surface area (Å²) in [5.74, 6) is -0.722. The van der Waals surface area contributed by atoms with Gasteiger partial charge in [0.1, 0.15) is 5.82 Å². The van der Waals surface area contributed by atoms with Gasteiger partial charge in [0.2, 0.25) is 0 Å². The number of nitrogens with zero attached hydrogens (tertiary/aromatic N) is 2. The Balaban J connectivity index is 1.96. The van der Waals surface area contributed by atoms with Crippen molar-refractivity contribution >= 4 is 29.5 Å². The molecule has 0 saturated carbocycles. The van der Waals surface area contributed by atoms with Crippen LogP contribution in [0.2, 0.25) is 5.02 Å². The number of aliphatic imine (C=N–C) groups is 1. The largest absolute Gasteiger partial charge is 0.465 e. The topological polar surface area (TPSA) is 43.6 Å². The highest BCUT2D eigenvalue weighted by molar-refractivity contribution is 6.33. The Morgan fingerprint density at radius 3 is 2.52 bits per heavy atom. The predicted octanol–water partition coefficient (Wildman–Crippen LogP) is 5.42. The summed E-state index contributed by atoms with van der Waals surface area (Å²) in [6.07, 6.45) is 1.70. The maximum Gasteiger partial charge on any atom is 0.337 e. The van der Waals surface area contributed by atoms with E-state index in [1.165, 1.54) is 19.2 Å². The first-order valence-electron chi connectivity index (χ1n) is 8.27. The van der Waals surface area contributed by atoms with Gasteiger partial charge in [0.15, 0.2) is 0 Å². The van der Waals surface area contributed by atoms with E-state index in [1.54, 1.807) is 36.5 Å². The molecule has 0 aliphatic heterocycles. The fraction of sp³-hybridized carbons (Fsp3) is 0.143. The number of benzene rings is 2. The van der Waals surface area contributed by atoms with Crippen molar-refractivity contribution in [2.45, 2.75) is 13.8 Å². The minimum absolute atomic E-state index is 0.275. The highest BCUT2D eigenvalue weighted by Crippen LogP contribution is 2.27. The van der Waals surface area contributed by atoms with Gasteiger partial charge in [0.25, 0.3) is 0 Å². The number of esters is 1. The van der Waals surface area contributed by atoms with Gasteiger partial charge in [-0.05, 0) is 62.4 Å². The number of rotatable bonds is 4. The van der Waals surface area contributed by atoms with Gasteiger partial charge in [-0.25, -0.2) is 9.18 Å². The zero-order valence-electron chi connectivity index (χ0n) is 15.2. The minimum Gasteiger partial charge on any atom is -0.465 e. The highest BCUT2D eigenvalue weighted by Gasteiger charge is 2.11. The number of methoxy groups -OCH3 is 1. The van der Waals surface area contributed by atoms with Crippen molar-refractivity contribution in [2.75, 3.05) is 7.11 Å². The number of halogens is 2. The number of ether oxygens (including phenoxy) is 1. The van der Waals surface area contributed by atoms with Gasteiger partial charge in [-0.1, -0.05) is 11.6 Å². The van der Waals surface area contributed by atoms with Gasteiger partial charge in [-0.2, -0.15) is 0 Å².